The monoisotopic (exact) mass is 507 g/mol. The summed E-state index contributed by atoms with van der Waals surface area (Å²) in [6.45, 7) is 5.47. The zero-order valence-electron chi connectivity index (χ0n) is 17.6. The van der Waals surface area contributed by atoms with Gasteiger partial charge in [-0.05, 0) is 42.7 Å². The normalized spacial score (nSPS) is 14.9. The molecular formula is C24H34IN3O. The minimum atomic E-state index is 0. The van der Waals surface area contributed by atoms with Gasteiger partial charge in [0.1, 0.15) is 0 Å². The Morgan fingerprint density at radius 3 is 2.07 bits per heavy atom. The van der Waals surface area contributed by atoms with Crippen LogP contribution in [0.1, 0.15) is 43.2 Å². The van der Waals surface area contributed by atoms with Crippen LogP contribution in [0.15, 0.2) is 65.7 Å². The number of rotatable bonds is 10. The van der Waals surface area contributed by atoms with E-state index in [1.165, 1.54) is 24.0 Å². The van der Waals surface area contributed by atoms with Crippen molar-refractivity contribution in [2.24, 2.45) is 10.4 Å². The Hall–Kier alpha value is -1.60. The molecule has 2 aromatic carbocycles. The Kier molecular flexibility index (Phi) is 9.94. The first-order valence-electron chi connectivity index (χ1n) is 10.4. The van der Waals surface area contributed by atoms with Crippen LogP contribution in [-0.2, 0) is 4.74 Å². The van der Waals surface area contributed by atoms with Crippen LogP contribution in [0.25, 0.3) is 0 Å². The van der Waals surface area contributed by atoms with E-state index in [1.807, 2.05) is 7.05 Å². The summed E-state index contributed by atoms with van der Waals surface area (Å²) >= 11 is 0. The predicted octanol–water partition coefficient (Wildman–Crippen LogP) is 4.81. The molecule has 29 heavy (non-hydrogen) atoms. The molecule has 2 N–H and O–H groups in total. The zero-order chi connectivity index (χ0) is 19.7. The molecule has 2 aromatic rings. The summed E-state index contributed by atoms with van der Waals surface area (Å²) < 4.78 is 5.55. The number of nitrogens with zero attached hydrogens (tertiary/aromatic N) is 1. The van der Waals surface area contributed by atoms with Crippen molar-refractivity contribution in [3.05, 3.63) is 71.8 Å². The summed E-state index contributed by atoms with van der Waals surface area (Å²) in [6, 6.07) is 21.3. The number of nitrogens with one attached hydrogen (secondary N) is 2. The van der Waals surface area contributed by atoms with Crippen LogP contribution < -0.4 is 10.6 Å². The van der Waals surface area contributed by atoms with E-state index in [1.54, 1.807) is 0 Å². The Balaban J connectivity index is 0.00000300. The van der Waals surface area contributed by atoms with Gasteiger partial charge in [0.25, 0.3) is 0 Å². The van der Waals surface area contributed by atoms with Crippen molar-refractivity contribution in [2.75, 3.05) is 33.4 Å². The van der Waals surface area contributed by atoms with Crippen LogP contribution in [0.4, 0.5) is 0 Å². The Morgan fingerprint density at radius 2 is 1.59 bits per heavy atom. The molecule has 4 nitrogen and oxygen atoms in total. The third kappa shape index (κ3) is 7.30. The number of benzene rings is 2. The molecule has 0 bridgehead atoms. The third-order valence-electron chi connectivity index (χ3n) is 5.67. The molecule has 1 saturated carbocycles. The molecule has 158 valence electrons. The molecule has 0 radical (unpaired) electrons. The Labute approximate surface area is 192 Å². The lowest BCUT2D eigenvalue weighted by molar-refractivity contribution is 0.128. The molecule has 1 fully saturated rings. The summed E-state index contributed by atoms with van der Waals surface area (Å²) in [6.07, 6.45) is 3.68. The lowest BCUT2D eigenvalue weighted by Crippen LogP contribution is -2.42. The molecule has 0 heterocycles. The first-order valence-corrected chi connectivity index (χ1v) is 10.4. The quantitative estimate of drug-likeness (QED) is 0.210. The molecule has 0 atom stereocenters. The Morgan fingerprint density at radius 1 is 1.00 bits per heavy atom. The molecule has 0 saturated heterocycles. The highest BCUT2D eigenvalue weighted by atomic mass is 127. The van der Waals surface area contributed by atoms with Gasteiger partial charge in [0.15, 0.2) is 5.96 Å². The highest BCUT2D eigenvalue weighted by molar-refractivity contribution is 14.0. The highest BCUT2D eigenvalue weighted by Crippen LogP contribution is 2.48. The van der Waals surface area contributed by atoms with Gasteiger partial charge in [0.05, 0.1) is 0 Å². The van der Waals surface area contributed by atoms with E-state index in [0.717, 1.165) is 38.7 Å². The second kappa shape index (κ2) is 12.2. The first kappa shape index (κ1) is 23.7. The number of halogens is 1. The standard InChI is InChI=1S/C24H33N3O.HI/c1-3-28-17-16-24(14-15-24)19-27-23(25-2)26-18-22(20-10-6-4-7-11-20)21-12-8-5-9-13-21;/h4-13,22H,3,14-19H2,1-2H3,(H2,25,26,27);1H. The van der Waals surface area contributed by atoms with Gasteiger partial charge in [-0.3, -0.25) is 4.99 Å². The number of ether oxygens (including phenoxy) is 1. The van der Waals surface area contributed by atoms with E-state index >= 15 is 0 Å². The van der Waals surface area contributed by atoms with Gasteiger partial charge in [-0.1, -0.05) is 60.7 Å². The van der Waals surface area contributed by atoms with E-state index in [4.69, 9.17) is 4.74 Å². The number of hydrogen-bond acceptors (Lipinski definition) is 2. The van der Waals surface area contributed by atoms with E-state index in [9.17, 15) is 0 Å². The van der Waals surface area contributed by atoms with Crippen LogP contribution in [-0.4, -0.2) is 39.3 Å². The maximum absolute atomic E-state index is 5.55. The maximum Gasteiger partial charge on any atom is 0.191 e. The fourth-order valence-corrected chi connectivity index (χ4v) is 3.61. The largest absolute Gasteiger partial charge is 0.382 e. The Bertz CT molecular complexity index is 693. The second-order valence-corrected chi connectivity index (χ2v) is 7.63. The molecule has 1 aliphatic rings. The average molecular weight is 507 g/mol. The number of hydrogen-bond donors (Lipinski definition) is 2. The van der Waals surface area contributed by atoms with Crippen LogP contribution in [0.2, 0.25) is 0 Å². The van der Waals surface area contributed by atoms with Gasteiger partial charge in [-0.15, -0.1) is 24.0 Å². The van der Waals surface area contributed by atoms with Crippen LogP contribution in [0.5, 0.6) is 0 Å². The summed E-state index contributed by atoms with van der Waals surface area (Å²) in [5.41, 5.74) is 3.02. The van der Waals surface area contributed by atoms with E-state index in [-0.39, 0.29) is 29.9 Å². The molecule has 5 heteroatoms. The number of aliphatic imine (C=N–C) groups is 1. The summed E-state index contributed by atoms with van der Waals surface area (Å²) in [5.74, 6) is 1.16. The van der Waals surface area contributed by atoms with Crippen LogP contribution in [0.3, 0.4) is 0 Å². The van der Waals surface area contributed by atoms with Crippen LogP contribution in [0, 0.1) is 5.41 Å². The SMILES string of the molecule is CCOCCC1(CNC(=NC)NCC(c2ccccc2)c2ccccc2)CC1.I. The maximum atomic E-state index is 5.55. The molecule has 3 rings (SSSR count). The van der Waals surface area contributed by atoms with Gasteiger partial charge >= 0.3 is 0 Å². The second-order valence-electron chi connectivity index (χ2n) is 7.63. The fraction of sp³-hybridized carbons (Fsp3) is 0.458. The van der Waals surface area contributed by atoms with Crippen molar-refractivity contribution in [1.82, 2.24) is 10.6 Å². The fourth-order valence-electron chi connectivity index (χ4n) is 3.61. The smallest absolute Gasteiger partial charge is 0.191 e. The van der Waals surface area contributed by atoms with Gasteiger partial charge < -0.3 is 15.4 Å². The van der Waals surface area contributed by atoms with Crippen molar-refractivity contribution in [1.29, 1.82) is 0 Å². The highest BCUT2D eigenvalue weighted by Gasteiger charge is 2.41. The van der Waals surface area contributed by atoms with Crippen molar-refractivity contribution in [3.8, 4) is 0 Å². The van der Waals surface area contributed by atoms with Gasteiger partial charge in [0.2, 0.25) is 0 Å². The van der Waals surface area contributed by atoms with E-state index in [2.05, 4.69) is 83.2 Å². The van der Waals surface area contributed by atoms with Gasteiger partial charge in [-0.2, -0.15) is 0 Å². The lowest BCUT2D eigenvalue weighted by atomic mass is 9.91. The number of guanidine groups is 1. The molecule has 1 aliphatic carbocycles. The predicted molar refractivity (Wildman–Crippen MR) is 132 cm³/mol. The molecule has 0 aliphatic heterocycles. The van der Waals surface area contributed by atoms with Crippen molar-refractivity contribution in [3.63, 3.8) is 0 Å². The molecule has 0 spiro atoms. The minimum Gasteiger partial charge on any atom is -0.382 e. The average Bonchev–Trinajstić information content (AvgIpc) is 3.52. The van der Waals surface area contributed by atoms with Crippen molar-refractivity contribution in [2.45, 2.75) is 32.1 Å². The van der Waals surface area contributed by atoms with Crippen molar-refractivity contribution < 1.29 is 4.74 Å². The summed E-state index contributed by atoms with van der Waals surface area (Å²) in [5, 5.41) is 7.08. The molecule has 0 amide bonds. The van der Waals surface area contributed by atoms with E-state index in [0.29, 0.717) is 5.41 Å². The molecular weight excluding hydrogens is 473 g/mol. The zero-order valence-corrected chi connectivity index (χ0v) is 19.9. The third-order valence-corrected chi connectivity index (χ3v) is 5.67. The topological polar surface area (TPSA) is 45.6 Å². The first-order chi connectivity index (χ1) is 13.8. The van der Waals surface area contributed by atoms with Crippen LogP contribution >= 0.6 is 24.0 Å². The molecule has 0 unspecified atom stereocenters. The summed E-state index contributed by atoms with van der Waals surface area (Å²) in [4.78, 5) is 4.44. The minimum absolute atomic E-state index is 0. The molecule has 0 aromatic heterocycles. The lowest BCUT2D eigenvalue weighted by Gasteiger charge is -2.22. The van der Waals surface area contributed by atoms with E-state index < -0.39 is 0 Å². The van der Waals surface area contributed by atoms with Gasteiger partial charge in [-0.25, -0.2) is 0 Å². The van der Waals surface area contributed by atoms with Crippen molar-refractivity contribution >= 4 is 29.9 Å². The van der Waals surface area contributed by atoms with Gasteiger partial charge in [0, 0.05) is 39.3 Å². The summed E-state index contributed by atoms with van der Waals surface area (Å²) in [7, 11) is 1.84.